The molecule has 0 unspecified atom stereocenters. The van der Waals surface area contributed by atoms with E-state index in [2.05, 4.69) is 64.6 Å². The largest absolute Gasteiger partial charge is 0.388 e. The number of aryl methyl sites for hydroxylation is 3. The average molecular weight is 923 g/mol. The molecule has 2 aliphatic rings. The number of carbonyl (C=O) groups excluding carboxylic acids is 2. The van der Waals surface area contributed by atoms with Gasteiger partial charge in [-0.3, -0.25) is 28.1 Å². The first-order valence-corrected chi connectivity index (χ1v) is 21.7. The van der Waals surface area contributed by atoms with Crippen LogP contribution in [-0.2, 0) is 22.7 Å². The van der Waals surface area contributed by atoms with Crippen LogP contribution in [0.1, 0.15) is 48.2 Å². The standard InChI is InChI=1S/2C24H24FN7O2/c1-4-21(33)28-16-5-6-20-17(9-16)14(2)12-31(20)22-18(25)10-26-23(30-22)29-19-11-27-32(15(19)3)13-24(34)7-8-24;1-4-21(33)27-16-5-6-20-17(9-16)14(2)11-32(20)22-18(25)10-26-23(29-22)28-19-12-31(30-15(19)3)13-24(34)7-8-24/h4-6,9-12,34H,1,7-8,13H2,2-3H3,(H,28,33)(H,26,29,30);4-6,9-12,34H,1,7-8,13H2,2-3H3,(H,27,33)(H,26,28,29). The SMILES string of the molecule is C=CC(=O)Nc1ccc2c(c1)c(C)cn2-c1nc(Nc2cn(CC3(O)CC3)nc2C)ncc1F.C=CC(=O)Nc1ccc2c(c1)c(C)cn2-c1nc(Nc2cnn(CC3(O)CC3)c2C)ncc1F. The van der Waals surface area contributed by atoms with Crippen LogP contribution < -0.4 is 21.3 Å². The Balaban J connectivity index is 0.000000170. The van der Waals surface area contributed by atoms with Crippen molar-refractivity contribution in [3.05, 3.63) is 133 Å². The number of halogens is 2. The normalized spacial score (nSPS) is 14.2. The number of nitrogens with zero attached hydrogens (tertiary/aromatic N) is 10. The lowest BCUT2D eigenvalue weighted by molar-refractivity contribution is -0.112. The number of aliphatic hydroxyl groups is 2. The fourth-order valence-corrected chi connectivity index (χ4v) is 7.73. The second kappa shape index (κ2) is 17.6. The number of anilines is 6. The maximum absolute atomic E-state index is 14.8. The fraction of sp³-hybridized carbons (Fsp3) is 0.250. The number of hydrogen-bond acceptors (Lipinski definition) is 12. The molecule has 0 aliphatic heterocycles. The third-order valence-electron chi connectivity index (χ3n) is 11.9. The number of amides is 2. The number of hydrogen-bond donors (Lipinski definition) is 6. The molecule has 0 atom stereocenters. The minimum absolute atomic E-state index is 0.0933. The van der Waals surface area contributed by atoms with Gasteiger partial charge in [0.25, 0.3) is 0 Å². The lowest BCUT2D eigenvalue weighted by Gasteiger charge is -2.11. The number of rotatable bonds is 14. The van der Waals surface area contributed by atoms with E-state index in [1.165, 1.54) is 12.2 Å². The summed E-state index contributed by atoms with van der Waals surface area (Å²) in [6, 6.07) is 10.7. The van der Waals surface area contributed by atoms with Gasteiger partial charge in [0.15, 0.2) is 23.3 Å². The molecule has 2 amide bonds. The molecule has 10 rings (SSSR count). The Bertz CT molecular complexity index is 3150. The van der Waals surface area contributed by atoms with Gasteiger partial charge in [-0.1, -0.05) is 13.2 Å². The molecule has 6 heterocycles. The van der Waals surface area contributed by atoms with Gasteiger partial charge in [0.1, 0.15) is 0 Å². The van der Waals surface area contributed by atoms with Crippen molar-refractivity contribution in [3.63, 3.8) is 0 Å². The highest BCUT2D eigenvalue weighted by Crippen LogP contribution is 2.38. The van der Waals surface area contributed by atoms with E-state index in [0.717, 1.165) is 82.4 Å². The van der Waals surface area contributed by atoms with Gasteiger partial charge >= 0.3 is 0 Å². The summed E-state index contributed by atoms with van der Waals surface area (Å²) in [5.41, 5.74) is 6.06. The van der Waals surface area contributed by atoms with Crippen molar-refractivity contribution in [1.82, 2.24) is 48.6 Å². The Morgan fingerprint density at radius 2 is 1.19 bits per heavy atom. The second-order valence-electron chi connectivity index (χ2n) is 17.3. The van der Waals surface area contributed by atoms with Crippen LogP contribution in [0.4, 0.5) is 43.4 Å². The lowest BCUT2D eigenvalue weighted by atomic mass is 10.2. The summed E-state index contributed by atoms with van der Waals surface area (Å²) in [5, 5.41) is 42.5. The van der Waals surface area contributed by atoms with Gasteiger partial charge < -0.3 is 31.5 Å². The molecule has 18 nitrogen and oxygen atoms in total. The van der Waals surface area contributed by atoms with E-state index in [-0.39, 0.29) is 35.3 Å². The van der Waals surface area contributed by atoms with Crippen LogP contribution in [-0.4, -0.2) is 81.9 Å². The van der Waals surface area contributed by atoms with Gasteiger partial charge in [-0.15, -0.1) is 0 Å². The van der Waals surface area contributed by atoms with Crippen molar-refractivity contribution in [2.45, 2.75) is 77.7 Å². The average Bonchev–Trinajstić information content (AvgIpc) is 4.05. The zero-order valence-electron chi connectivity index (χ0n) is 37.7. The first-order valence-electron chi connectivity index (χ1n) is 21.7. The molecule has 348 valence electrons. The van der Waals surface area contributed by atoms with E-state index in [0.29, 0.717) is 35.8 Å². The second-order valence-corrected chi connectivity index (χ2v) is 17.3. The van der Waals surface area contributed by atoms with Gasteiger partial charge in [0.05, 0.1) is 76.7 Å². The molecular formula is C48H48F2N14O4. The highest BCUT2D eigenvalue weighted by Gasteiger charge is 2.42. The predicted molar refractivity (Wildman–Crippen MR) is 254 cm³/mol. The van der Waals surface area contributed by atoms with E-state index < -0.39 is 22.8 Å². The summed E-state index contributed by atoms with van der Waals surface area (Å²) >= 11 is 0. The van der Waals surface area contributed by atoms with Crippen molar-refractivity contribution in [3.8, 4) is 11.6 Å². The molecular weight excluding hydrogens is 875 g/mol. The van der Waals surface area contributed by atoms with E-state index in [9.17, 15) is 28.6 Å². The molecule has 0 saturated heterocycles. The van der Waals surface area contributed by atoms with Gasteiger partial charge in [-0.2, -0.15) is 20.2 Å². The number of benzene rings is 2. The molecule has 2 aromatic carbocycles. The van der Waals surface area contributed by atoms with Crippen molar-refractivity contribution in [2.75, 3.05) is 21.3 Å². The molecule has 0 radical (unpaired) electrons. The van der Waals surface area contributed by atoms with Crippen LogP contribution in [0, 0.1) is 39.3 Å². The number of fused-ring (bicyclic) bond motifs is 2. The molecule has 6 N–H and O–H groups in total. The maximum Gasteiger partial charge on any atom is 0.247 e. The van der Waals surface area contributed by atoms with Crippen LogP contribution in [0.3, 0.4) is 0 Å². The minimum atomic E-state index is -0.671. The van der Waals surface area contributed by atoms with Crippen LogP contribution in [0.15, 0.2) is 98.9 Å². The number of aromatic nitrogens is 10. The smallest absolute Gasteiger partial charge is 0.247 e. The zero-order chi connectivity index (χ0) is 48.1. The Labute approximate surface area is 388 Å². The summed E-state index contributed by atoms with van der Waals surface area (Å²) in [6.07, 6.45) is 14.7. The van der Waals surface area contributed by atoms with Gasteiger partial charge in [-0.25, -0.2) is 18.7 Å². The maximum atomic E-state index is 14.8. The summed E-state index contributed by atoms with van der Waals surface area (Å²) in [6.45, 7) is 15.3. The van der Waals surface area contributed by atoms with Crippen LogP contribution in [0.2, 0.25) is 0 Å². The fourth-order valence-electron chi connectivity index (χ4n) is 7.73. The Morgan fingerprint density at radius 1 is 0.706 bits per heavy atom. The zero-order valence-corrected chi connectivity index (χ0v) is 37.7. The molecule has 8 aromatic rings. The van der Waals surface area contributed by atoms with E-state index in [4.69, 9.17) is 0 Å². The number of carbonyl (C=O) groups is 2. The first kappa shape index (κ1) is 45.1. The summed E-state index contributed by atoms with van der Waals surface area (Å²) in [5.74, 6) is -1.13. The Hall–Kier alpha value is -8.10. The Morgan fingerprint density at radius 3 is 1.68 bits per heavy atom. The highest BCUT2D eigenvalue weighted by atomic mass is 19.1. The molecule has 2 fully saturated rings. The lowest BCUT2D eigenvalue weighted by Crippen LogP contribution is -2.18. The minimum Gasteiger partial charge on any atom is -0.388 e. The van der Waals surface area contributed by atoms with Crippen LogP contribution in [0.5, 0.6) is 0 Å². The quantitative estimate of drug-likeness (QED) is 0.0583. The van der Waals surface area contributed by atoms with Gasteiger partial charge in [-0.05, 0) is 113 Å². The van der Waals surface area contributed by atoms with Crippen LogP contribution >= 0.6 is 0 Å². The number of nitrogens with one attached hydrogen (secondary N) is 4. The van der Waals surface area contributed by atoms with Gasteiger partial charge in [0, 0.05) is 40.7 Å². The first-order chi connectivity index (χ1) is 32.5. The molecule has 2 saturated carbocycles. The topological polar surface area (TPSA) is 220 Å². The third kappa shape index (κ3) is 9.44. The molecule has 0 bridgehead atoms. The molecule has 68 heavy (non-hydrogen) atoms. The van der Waals surface area contributed by atoms with Crippen molar-refractivity contribution in [2.24, 2.45) is 0 Å². The van der Waals surface area contributed by atoms with Crippen molar-refractivity contribution >= 4 is 68.3 Å². The molecule has 6 aromatic heterocycles. The van der Waals surface area contributed by atoms with Crippen LogP contribution in [0.25, 0.3) is 33.4 Å². The predicted octanol–water partition coefficient (Wildman–Crippen LogP) is 7.53. The van der Waals surface area contributed by atoms with E-state index >= 15 is 0 Å². The van der Waals surface area contributed by atoms with Crippen molar-refractivity contribution in [1.29, 1.82) is 0 Å². The Kier molecular flexibility index (Phi) is 11.7. The summed E-state index contributed by atoms with van der Waals surface area (Å²) in [7, 11) is 0. The summed E-state index contributed by atoms with van der Waals surface area (Å²) < 4.78 is 36.4. The molecule has 20 heteroatoms. The monoisotopic (exact) mass is 922 g/mol. The highest BCUT2D eigenvalue weighted by molar-refractivity contribution is 6.01. The van der Waals surface area contributed by atoms with Gasteiger partial charge in [0.2, 0.25) is 23.7 Å². The van der Waals surface area contributed by atoms with E-state index in [1.807, 2.05) is 39.8 Å². The third-order valence-corrected chi connectivity index (χ3v) is 11.9. The summed E-state index contributed by atoms with van der Waals surface area (Å²) in [4.78, 5) is 40.3. The van der Waals surface area contributed by atoms with Crippen molar-refractivity contribution < 1.29 is 28.6 Å². The van der Waals surface area contributed by atoms with E-state index in [1.54, 1.807) is 67.6 Å². The molecule has 2 aliphatic carbocycles. The molecule has 0 spiro atoms.